The number of hydrogen-bond acceptors (Lipinski definition) is 6. The first-order valence-corrected chi connectivity index (χ1v) is 32.0. The number of allylic oxidation sites excluding steroid dienone is 6. The summed E-state index contributed by atoms with van der Waals surface area (Å²) >= 11 is 0. The van der Waals surface area contributed by atoms with Crippen molar-refractivity contribution < 1.29 is 28.6 Å². The number of carbonyl (C=O) groups excluding carboxylic acids is 3. The van der Waals surface area contributed by atoms with Gasteiger partial charge in [0.05, 0.1) is 0 Å². The molecule has 0 heterocycles. The Labute approximate surface area is 448 Å². The lowest BCUT2D eigenvalue weighted by molar-refractivity contribution is -0.167. The van der Waals surface area contributed by atoms with Crippen LogP contribution in [0, 0.1) is 0 Å². The Balaban J connectivity index is 4.29. The summed E-state index contributed by atoms with van der Waals surface area (Å²) in [6, 6.07) is 0. The zero-order valence-corrected chi connectivity index (χ0v) is 48.5. The quantitative estimate of drug-likeness (QED) is 0.0261. The van der Waals surface area contributed by atoms with E-state index in [1.807, 2.05) is 0 Å². The van der Waals surface area contributed by atoms with E-state index in [0.717, 1.165) is 64.2 Å². The van der Waals surface area contributed by atoms with Crippen molar-refractivity contribution in [3.8, 4) is 0 Å². The first-order chi connectivity index (χ1) is 35.5. The molecule has 0 aliphatic rings. The van der Waals surface area contributed by atoms with Crippen molar-refractivity contribution in [1.82, 2.24) is 0 Å². The summed E-state index contributed by atoms with van der Waals surface area (Å²) in [5.41, 5.74) is 0. The van der Waals surface area contributed by atoms with E-state index in [2.05, 4.69) is 57.2 Å². The molecule has 0 bridgehead atoms. The zero-order valence-electron chi connectivity index (χ0n) is 48.5. The van der Waals surface area contributed by atoms with Gasteiger partial charge >= 0.3 is 17.9 Å². The molecular weight excluding hydrogens is 889 g/mol. The Morgan fingerprint density at radius 3 is 0.778 bits per heavy atom. The molecular formula is C66H122O6. The Hall–Kier alpha value is -2.37. The van der Waals surface area contributed by atoms with E-state index >= 15 is 0 Å². The Morgan fingerprint density at radius 1 is 0.278 bits per heavy atom. The summed E-state index contributed by atoms with van der Waals surface area (Å²) in [5, 5.41) is 0. The summed E-state index contributed by atoms with van der Waals surface area (Å²) in [7, 11) is 0. The van der Waals surface area contributed by atoms with Gasteiger partial charge in [0.15, 0.2) is 6.10 Å². The molecule has 0 aliphatic heterocycles. The predicted molar refractivity (Wildman–Crippen MR) is 312 cm³/mol. The highest BCUT2D eigenvalue weighted by molar-refractivity contribution is 5.71. The minimum Gasteiger partial charge on any atom is -0.462 e. The molecule has 1 unspecified atom stereocenters. The lowest BCUT2D eigenvalue weighted by atomic mass is 10.0. The molecule has 6 heteroatoms. The first-order valence-electron chi connectivity index (χ1n) is 32.0. The smallest absolute Gasteiger partial charge is 0.306 e. The van der Waals surface area contributed by atoms with Crippen LogP contribution in [0.5, 0.6) is 0 Å². The molecule has 0 amide bonds. The Bertz CT molecular complexity index is 1210. The Morgan fingerprint density at radius 2 is 0.500 bits per heavy atom. The number of ether oxygens (including phenoxy) is 3. The maximum absolute atomic E-state index is 12.9. The van der Waals surface area contributed by atoms with Gasteiger partial charge in [0.25, 0.3) is 0 Å². The summed E-state index contributed by atoms with van der Waals surface area (Å²) in [5.74, 6) is -0.855. The maximum atomic E-state index is 12.9. The van der Waals surface area contributed by atoms with Crippen LogP contribution in [0.2, 0.25) is 0 Å². The van der Waals surface area contributed by atoms with Crippen LogP contribution in [0.25, 0.3) is 0 Å². The van der Waals surface area contributed by atoms with Crippen LogP contribution in [0.1, 0.15) is 348 Å². The van der Waals surface area contributed by atoms with E-state index in [1.54, 1.807) is 0 Å². The number of unbranched alkanes of at least 4 members (excludes halogenated alkanes) is 42. The van der Waals surface area contributed by atoms with Crippen molar-refractivity contribution >= 4 is 17.9 Å². The summed E-state index contributed by atoms with van der Waals surface area (Å²) in [6.07, 6.45) is 74.3. The third kappa shape index (κ3) is 58.5. The van der Waals surface area contributed by atoms with Crippen LogP contribution >= 0.6 is 0 Å². The van der Waals surface area contributed by atoms with Gasteiger partial charge in [-0.3, -0.25) is 14.4 Å². The van der Waals surface area contributed by atoms with Crippen molar-refractivity contribution in [3.63, 3.8) is 0 Å². The maximum Gasteiger partial charge on any atom is 0.306 e. The van der Waals surface area contributed by atoms with Crippen molar-refractivity contribution in [2.24, 2.45) is 0 Å². The van der Waals surface area contributed by atoms with Crippen LogP contribution in [0.4, 0.5) is 0 Å². The predicted octanol–water partition coefficient (Wildman–Crippen LogP) is 21.6. The fraction of sp³-hybridized carbons (Fsp3) is 0.864. The fourth-order valence-corrected chi connectivity index (χ4v) is 9.53. The topological polar surface area (TPSA) is 78.9 Å². The molecule has 0 aromatic rings. The van der Waals surface area contributed by atoms with Gasteiger partial charge in [-0.25, -0.2) is 0 Å². The van der Waals surface area contributed by atoms with E-state index in [-0.39, 0.29) is 31.1 Å². The molecule has 0 radical (unpaired) electrons. The third-order valence-electron chi connectivity index (χ3n) is 14.4. The highest BCUT2D eigenvalue weighted by Crippen LogP contribution is 2.17. The van der Waals surface area contributed by atoms with Crippen molar-refractivity contribution in [3.05, 3.63) is 36.5 Å². The second-order valence-electron chi connectivity index (χ2n) is 21.7. The number of esters is 3. The molecule has 0 aromatic carbocycles. The number of carbonyl (C=O) groups is 3. The summed E-state index contributed by atoms with van der Waals surface area (Å²) in [4.78, 5) is 38.3. The van der Waals surface area contributed by atoms with Gasteiger partial charge in [-0.05, 0) is 77.0 Å². The molecule has 6 nitrogen and oxygen atoms in total. The molecule has 72 heavy (non-hydrogen) atoms. The van der Waals surface area contributed by atoms with Gasteiger partial charge in [0, 0.05) is 19.3 Å². The summed E-state index contributed by atoms with van der Waals surface area (Å²) < 4.78 is 16.9. The molecule has 0 rings (SSSR count). The minimum atomic E-state index is -0.773. The van der Waals surface area contributed by atoms with E-state index in [0.29, 0.717) is 19.3 Å². The molecule has 0 fully saturated rings. The van der Waals surface area contributed by atoms with Crippen molar-refractivity contribution in [2.75, 3.05) is 13.2 Å². The van der Waals surface area contributed by atoms with E-state index in [9.17, 15) is 14.4 Å². The van der Waals surface area contributed by atoms with Gasteiger partial charge in [-0.2, -0.15) is 0 Å². The van der Waals surface area contributed by atoms with Crippen LogP contribution in [-0.4, -0.2) is 37.2 Å². The normalized spacial score (nSPS) is 12.2. The molecule has 0 spiro atoms. The standard InChI is InChI=1S/C66H122O6/c1-4-7-10-13-16-19-22-25-27-29-31-33-35-37-39-41-44-47-50-53-56-59-65(68)71-62-63(61-70-64(67)58-55-52-49-46-43-24-21-18-15-12-9-6-3)72-66(69)60-57-54-51-48-45-42-40-38-36-34-32-30-28-26-23-20-17-14-11-8-5-2/h22,25,29-32,63H,4-21,23-24,26-28,33-62H2,1-3H3/b25-22-,31-29-,32-30-. The molecule has 0 aliphatic carbocycles. The SMILES string of the molecule is CCCCCCC/C=C\C/C=C\CCCCCCCCCCCC(=O)OCC(COC(=O)CCCCCCCCCCCCCC)OC(=O)CCCCCCCCCCC/C=C\CCCCCCCCCC. The fourth-order valence-electron chi connectivity index (χ4n) is 9.53. The third-order valence-corrected chi connectivity index (χ3v) is 14.4. The molecule has 0 N–H and O–H groups in total. The van der Waals surface area contributed by atoms with Crippen LogP contribution in [0.15, 0.2) is 36.5 Å². The summed E-state index contributed by atoms with van der Waals surface area (Å²) in [6.45, 7) is 6.67. The van der Waals surface area contributed by atoms with Crippen LogP contribution < -0.4 is 0 Å². The van der Waals surface area contributed by atoms with E-state index in [4.69, 9.17) is 14.2 Å². The highest BCUT2D eigenvalue weighted by Gasteiger charge is 2.19. The molecule has 0 saturated carbocycles. The van der Waals surface area contributed by atoms with Gasteiger partial charge in [-0.1, -0.05) is 288 Å². The zero-order chi connectivity index (χ0) is 52.2. The van der Waals surface area contributed by atoms with Crippen molar-refractivity contribution in [1.29, 1.82) is 0 Å². The van der Waals surface area contributed by atoms with Gasteiger partial charge in [-0.15, -0.1) is 0 Å². The average Bonchev–Trinajstić information content (AvgIpc) is 3.38. The van der Waals surface area contributed by atoms with E-state index in [1.165, 1.54) is 244 Å². The van der Waals surface area contributed by atoms with E-state index < -0.39 is 6.10 Å². The molecule has 0 saturated heterocycles. The van der Waals surface area contributed by atoms with Gasteiger partial charge in [0.1, 0.15) is 13.2 Å². The molecule has 422 valence electrons. The molecule has 0 aromatic heterocycles. The lowest BCUT2D eigenvalue weighted by Crippen LogP contribution is -2.30. The minimum absolute atomic E-state index is 0.0701. The second-order valence-corrected chi connectivity index (χ2v) is 21.7. The van der Waals surface area contributed by atoms with Gasteiger partial charge in [0.2, 0.25) is 0 Å². The lowest BCUT2D eigenvalue weighted by Gasteiger charge is -2.18. The average molecular weight is 1010 g/mol. The second kappa shape index (κ2) is 61.2. The van der Waals surface area contributed by atoms with Gasteiger partial charge < -0.3 is 14.2 Å². The number of hydrogen-bond donors (Lipinski definition) is 0. The molecule has 1 atom stereocenters. The first kappa shape index (κ1) is 69.6. The highest BCUT2D eigenvalue weighted by atomic mass is 16.6. The van der Waals surface area contributed by atoms with Crippen molar-refractivity contribution in [2.45, 2.75) is 354 Å². The Kier molecular flexibility index (Phi) is 59.2. The van der Waals surface area contributed by atoms with Crippen LogP contribution in [0.3, 0.4) is 0 Å². The number of rotatable bonds is 59. The van der Waals surface area contributed by atoms with Crippen LogP contribution in [-0.2, 0) is 28.6 Å². The monoisotopic (exact) mass is 1010 g/mol. The largest absolute Gasteiger partial charge is 0.462 e.